The smallest absolute Gasteiger partial charge is 0.257 e. The molecule has 3 N–H and O–H groups in total. The summed E-state index contributed by atoms with van der Waals surface area (Å²) in [4.78, 5) is 24.4. The number of thiocarbonyl (C=S) groups is 1. The van der Waals surface area contributed by atoms with Crippen LogP contribution in [0, 0.1) is 0 Å². The van der Waals surface area contributed by atoms with Gasteiger partial charge in [-0.1, -0.05) is 46.3 Å². The number of hydrogen-bond donors (Lipinski definition) is 3. The van der Waals surface area contributed by atoms with E-state index in [0.717, 1.165) is 10.0 Å². The topological polar surface area (TPSA) is 70.2 Å². The molecular weight excluding hydrogens is 450 g/mol. The van der Waals surface area contributed by atoms with Crippen LogP contribution in [0.2, 0.25) is 0 Å². The van der Waals surface area contributed by atoms with E-state index in [2.05, 4.69) is 31.9 Å². The third-order valence-electron chi connectivity index (χ3n) is 4.03. The largest absolute Gasteiger partial charge is 0.348 e. The lowest BCUT2D eigenvalue weighted by Gasteiger charge is -2.10. The zero-order valence-corrected chi connectivity index (χ0v) is 17.7. The summed E-state index contributed by atoms with van der Waals surface area (Å²) in [5, 5.41) is 8.62. The molecule has 0 atom stereocenters. The van der Waals surface area contributed by atoms with E-state index in [0.29, 0.717) is 23.4 Å². The highest BCUT2D eigenvalue weighted by atomic mass is 79.9. The second-order valence-electron chi connectivity index (χ2n) is 6.16. The maximum absolute atomic E-state index is 12.3. The second kappa shape index (κ2) is 9.95. The Hall–Kier alpha value is -3.03. The van der Waals surface area contributed by atoms with Gasteiger partial charge < -0.3 is 10.6 Å². The Kier molecular flexibility index (Phi) is 7.10. The number of benzene rings is 3. The first kappa shape index (κ1) is 20.7. The van der Waals surface area contributed by atoms with Crippen molar-refractivity contribution in [2.75, 3.05) is 5.32 Å². The summed E-state index contributed by atoms with van der Waals surface area (Å²) in [6, 6.07) is 23.5. The van der Waals surface area contributed by atoms with Gasteiger partial charge in [-0.25, -0.2) is 0 Å². The van der Waals surface area contributed by atoms with E-state index in [-0.39, 0.29) is 16.9 Å². The fraction of sp³-hybridized carbons (Fsp3) is 0.0455. The van der Waals surface area contributed by atoms with Gasteiger partial charge in [0.2, 0.25) is 0 Å². The minimum atomic E-state index is -0.299. The van der Waals surface area contributed by atoms with Gasteiger partial charge in [0.1, 0.15) is 0 Å². The summed E-state index contributed by atoms with van der Waals surface area (Å²) in [7, 11) is 0. The van der Waals surface area contributed by atoms with Crippen molar-refractivity contribution in [3.8, 4) is 0 Å². The van der Waals surface area contributed by atoms with E-state index in [1.807, 2.05) is 30.3 Å². The predicted molar refractivity (Wildman–Crippen MR) is 122 cm³/mol. The van der Waals surface area contributed by atoms with Crippen LogP contribution in [-0.4, -0.2) is 16.9 Å². The lowest BCUT2D eigenvalue weighted by atomic mass is 10.2. The van der Waals surface area contributed by atoms with E-state index in [1.54, 1.807) is 48.5 Å². The van der Waals surface area contributed by atoms with Gasteiger partial charge in [0.05, 0.1) is 0 Å². The van der Waals surface area contributed by atoms with E-state index in [4.69, 9.17) is 12.2 Å². The molecule has 0 spiro atoms. The molecule has 2 amide bonds. The molecule has 3 aromatic rings. The molecule has 0 bridgehead atoms. The van der Waals surface area contributed by atoms with Crippen LogP contribution in [0.15, 0.2) is 83.3 Å². The number of carbonyl (C=O) groups is 2. The predicted octanol–water partition coefficient (Wildman–Crippen LogP) is 4.51. The van der Waals surface area contributed by atoms with E-state index in [1.165, 1.54) is 0 Å². The Morgan fingerprint density at radius 1 is 0.793 bits per heavy atom. The molecule has 29 heavy (non-hydrogen) atoms. The molecule has 0 aliphatic heterocycles. The van der Waals surface area contributed by atoms with Crippen LogP contribution < -0.4 is 16.0 Å². The number of hydrogen-bond acceptors (Lipinski definition) is 3. The van der Waals surface area contributed by atoms with Crippen LogP contribution in [0.4, 0.5) is 5.69 Å². The van der Waals surface area contributed by atoms with Crippen LogP contribution in [-0.2, 0) is 6.54 Å². The normalized spacial score (nSPS) is 10.1. The second-order valence-corrected chi connectivity index (χ2v) is 7.48. The summed E-state index contributed by atoms with van der Waals surface area (Å²) in [5.74, 6) is -0.460. The molecule has 0 aliphatic carbocycles. The molecule has 0 radical (unpaired) electrons. The van der Waals surface area contributed by atoms with Gasteiger partial charge in [0.15, 0.2) is 5.11 Å². The quantitative estimate of drug-likeness (QED) is 0.482. The first-order valence-electron chi connectivity index (χ1n) is 8.81. The molecule has 0 aliphatic rings. The van der Waals surface area contributed by atoms with Crippen molar-refractivity contribution in [1.29, 1.82) is 0 Å². The Bertz CT molecular complexity index is 1010. The highest BCUT2D eigenvalue weighted by Crippen LogP contribution is 2.12. The van der Waals surface area contributed by atoms with Crippen molar-refractivity contribution in [2.45, 2.75) is 6.54 Å². The maximum Gasteiger partial charge on any atom is 0.257 e. The molecular formula is C22H18BrN3O2S. The van der Waals surface area contributed by atoms with Gasteiger partial charge in [-0.05, 0) is 66.3 Å². The molecule has 7 heteroatoms. The zero-order chi connectivity index (χ0) is 20.6. The van der Waals surface area contributed by atoms with Crippen LogP contribution in [0.3, 0.4) is 0 Å². The van der Waals surface area contributed by atoms with Crippen LogP contribution in [0.1, 0.15) is 26.3 Å². The molecule has 3 aromatic carbocycles. The molecule has 5 nitrogen and oxygen atoms in total. The summed E-state index contributed by atoms with van der Waals surface area (Å²) in [5.41, 5.74) is 2.75. The Morgan fingerprint density at radius 3 is 2.03 bits per heavy atom. The van der Waals surface area contributed by atoms with Gasteiger partial charge >= 0.3 is 0 Å². The van der Waals surface area contributed by atoms with Gasteiger partial charge in [-0.2, -0.15) is 0 Å². The summed E-state index contributed by atoms with van der Waals surface area (Å²) in [6.07, 6.45) is 0. The molecule has 146 valence electrons. The van der Waals surface area contributed by atoms with Crippen molar-refractivity contribution in [1.82, 2.24) is 10.6 Å². The van der Waals surface area contributed by atoms with Crippen LogP contribution in [0.5, 0.6) is 0 Å². The Labute approximate surface area is 182 Å². The molecule has 0 unspecified atom stereocenters. The Balaban J connectivity index is 1.51. The fourth-order valence-electron chi connectivity index (χ4n) is 2.52. The van der Waals surface area contributed by atoms with Gasteiger partial charge in [-0.15, -0.1) is 0 Å². The number of nitrogens with one attached hydrogen (secondary N) is 3. The third kappa shape index (κ3) is 6.23. The van der Waals surface area contributed by atoms with Gasteiger partial charge in [-0.3, -0.25) is 14.9 Å². The molecule has 0 aromatic heterocycles. The van der Waals surface area contributed by atoms with Crippen molar-refractivity contribution in [3.63, 3.8) is 0 Å². The average Bonchev–Trinajstić information content (AvgIpc) is 2.73. The van der Waals surface area contributed by atoms with Crippen molar-refractivity contribution < 1.29 is 9.59 Å². The highest BCUT2D eigenvalue weighted by molar-refractivity contribution is 9.10. The summed E-state index contributed by atoms with van der Waals surface area (Å²) < 4.78 is 0.891. The van der Waals surface area contributed by atoms with Crippen LogP contribution in [0.25, 0.3) is 0 Å². The van der Waals surface area contributed by atoms with Crippen LogP contribution >= 0.6 is 28.1 Å². The monoisotopic (exact) mass is 467 g/mol. The average molecular weight is 468 g/mol. The van der Waals surface area contributed by atoms with Crippen molar-refractivity contribution in [2.24, 2.45) is 0 Å². The number of rotatable bonds is 5. The van der Waals surface area contributed by atoms with E-state index in [9.17, 15) is 9.59 Å². The van der Waals surface area contributed by atoms with E-state index >= 15 is 0 Å². The van der Waals surface area contributed by atoms with Gasteiger partial charge in [0.25, 0.3) is 11.8 Å². The highest BCUT2D eigenvalue weighted by Gasteiger charge is 2.09. The molecule has 0 heterocycles. The van der Waals surface area contributed by atoms with Crippen molar-refractivity contribution in [3.05, 3.63) is 100 Å². The lowest BCUT2D eigenvalue weighted by molar-refractivity contribution is 0.0948. The Morgan fingerprint density at radius 2 is 1.38 bits per heavy atom. The molecule has 0 fully saturated rings. The minimum Gasteiger partial charge on any atom is -0.348 e. The number of anilines is 1. The first-order chi connectivity index (χ1) is 14.0. The van der Waals surface area contributed by atoms with E-state index < -0.39 is 0 Å². The first-order valence-corrected chi connectivity index (χ1v) is 10.0. The standard InChI is InChI=1S/C22H18BrN3O2S/c23-18-10-6-17(7-11-18)21(28)26-22(29)25-19-12-8-16(9-13-19)20(27)24-14-15-4-2-1-3-5-15/h1-13H,14H2,(H,24,27)(H2,25,26,28,29). The number of carbonyl (C=O) groups excluding carboxylic acids is 2. The molecule has 0 saturated carbocycles. The zero-order valence-electron chi connectivity index (χ0n) is 15.3. The summed E-state index contributed by atoms with van der Waals surface area (Å²) in [6.45, 7) is 0.464. The fourth-order valence-corrected chi connectivity index (χ4v) is 3.00. The molecule has 0 saturated heterocycles. The number of amides is 2. The molecule has 3 rings (SSSR count). The third-order valence-corrected chi connectivity index (χ3v) is 4.77. The number of halogens is 1. The maximum atomic E-state index is 12.3. The SMILES string of the molecule is O=C(NCc1ccccc1)c1ccc(NC(=S)NC(=O)c2ccc(Br)cc2)cc1. The lowest BCUT2D eigenvalue weighted by Crippen LogP contribution is -2.34. The summed E-state index contributed by atoms with van der Waals surface area (Å²) >= 11 is 8.52. The van der Waals surface area contributed by atoms with Gasteiger partial charge in [0, 0.05) is 27.8 Å². The minimum absolute atomic E-state index is 0.161. The van der Waals surface area contributed by atoms with Crippen molar-refractivity contribution >= 4 is 50.8 Å².